The number of rotatable bonds is 7. The molecule has 0 saturated carbocycles. The van der Waals surface area contributed by atoms with Crippen LogP contribution in [0.2, 0.25) is 0 Å². The summed E-state index contributed by atoms with van der Waals surface area (Å²) in [7, 11) is 1.30. The van der Waals surface area contributed by atoms with E-state index in [0.717, 1.165) is 10.5 Å². The van der Waals surface area contributed by atoms with Crippen LogP contribution >= 0.6 is 11.8 Å². The number of esters is 1. The van der Waals surface area contributed by atoms with Crippen LogP contribution in [-0.4, -0.2) is 30.8 Å². The lowest BCUT2D eigenvalue weighted by molar-refractivity contribution is -0.121. The topological polar surface area (TPSA) is 96.5 Å². The number of carbonyl (C=O) groups excluding carboxylic acids is 3. The van der Waals surface area contributed by atoms with Crippen molar-refractivity contribution in [3.63, 3.8) is 0 Å². The lowest BCUT2D eigenvalue weighted by Gasteiger charge is -2.09. The molecule has 0 aliphatic rings. The van der Waals surface area contributed by atoms with Gasteiger partial charge < -0.3 is 10.1 Å². The maximum absolute atomic E-state index is 12.8. The fraction of sp³-hybridized carbons (Fsp3) is 0.211. The van der Waals surface area contributed by atoms with Crippen molar-refractivity contribution >= 4 is 29.7 Å². The number of benzene rings is 2. The second-order valence-corrected chi connectivity index (χ2v) is 6.77. The molecule has 3 N–H and O–H groups in total. The fourth-order valence-electron chi connectivity index (χ4n) is 2.08. The summed E-state index contributed by atoms with van der Waals surface area (Å²) in [6.07, 6.45) is 0.192. The molecular formula is C19H20FN3O4S. The third-order valence-corrected chi connectivity index (χ3v) is 4.57. The van der Waals surface area contributed by atoms with E-state index in [1.807, 2.05) is 0 Å². The molecule has 0 bridgehead atoms. The lowest BCUT2D eigenvalue weighted by atomic mass is 10.1. The van der Waals surface area contributed by atoms with Crippen LogP contribution in [0.4, 0.5) is 9.18 Å². The number of nitrogens with one attached hydrogen (secondary N) is 3. The minimum absolute atomic E-state index is 0.192. The van der Waals surface area contributed by atoms with Crippen LogP contribution in [0.15, 0.2) is 53.4 Å². The molecule has 2 rings (SSSR count). The first-order valence-corrected chi connectivity index (χ1v) is 9.35. The van der Waals surface area contributed by atoms with E-state index in [1.54, 1.807) is 36.4 Å². The molecule has 7 nitrogen and oxygen atoms in total. The van der Waals surface area contributed by atoms with Gasteiger partial charge in [-0.15, -0.1) is 11.8 Å². The van der Waals surface area contributed by atoms with Gasteiger partial charge in [-0.05, 0) is 42.0 Å². The highest BCUT2D eigenvalue weighted by Crippen LogP contribution is 2.18. The molecule has 0 aliphatic heterocycles. The number of carbonyl (C=O) groups is 3. The summed E-state index contributed by atoms with van der Waals surface area (Å²) in [6, 6.07) is 12.0. The van der Waals surface area contributed by atoms with Crippen LogP contribution in [0.1, 0.15) is 22.3 Å². The van der Waals surface area contributed by atoms with E-state index in [9.17, 15) is 18.8 Å². The molecule has 0 spiro atoms. The zero-order chi connectivity index (χ0) is 20.4. The normalized spacial score (nSPS) is 10.1. The van der Waals surface area contributed by atoms with Gasteiger partial charge in [0.25, 0.3) is 0 Å². The van der Waals surface area contributed by atoms with Gasteiger partial charge in [-0.1, -0.05) is 12.1 Å². The number of amides is 3. The number of urea groups is 1. The number of thioether (sulfide) groups is 1. The maximum Gasteiger partial charge on any atom is 0.337 e. The van der Waals surface area contributed by atoms with E-state index in [1.165, 1.54) is 31.0 Å². The molecule has 3 amide bonds. The van der Waals surface area contributed by atoms with E-state index >= 15 is 0 Å². The van der Waals surface area contributed by atoms with Crippen molar-refractivity contribution in [1.29, 1.82) is 0 Å². The van der Waals surface area contributed by atoms with E-state index in [-0.39, 0.29) is 24.7 Å². The molecule has 0 fully saturated rings. The van der Waals surface area contributed by atoms with Gasteiger partial charge in [-0.2, -0.15) is 0 Å². The average molecular weight is 405 g/mol. The van der Waals surface area contributed by atoms with Gasteiger partial charge >= 0.3 is 12.0 Å². The zero-order valence-electron chi connectivity index (χ0n) is 15.2. The minimum Gasteiger partial charge on any atom is -0.465 e. The van der Waals surface area contributed by atoms with Crippen molar-refractivity contribution in [2.24, 2.45) is 0 Å². The Morgan fingerprint density at radius 2 is 1.68 bits per heavy atom. The summed E-state index contributed by atoms with van der Waals surface area (Å²) in [5, 5.41) is 2.58. The number of hydrazine groups is 1. The number of hydrogen-bond acceptors (Lipinski definition) is 5. The average Bonchev–Trinajstić information content (AvgIpc) is 2.72. The Labute approximate surface area is 166 Å². The monoisotopic (exact) mass is 405 g/mol. The molecule has 148 valence electrons. The molecule has 0 unspecified atom stereocenters. The Kier molecular flexibility index (Phi) is 8.29. The first-order chi connectivity index (χ1) is 13.5. The van der Waals surface area contributed by atoms with Gasteiger partial charge in [-0.3, -0.25) is 10.2 Å². The molecule has 28 heavy (non-hydrogen) atoms. The van der Waals surface area contributed by atoms with Crippen molar-refractivity contribution in [1.82, 2.24) is 16.2 Å². The van der Waals surface area contributed by atoms with Gasteiger partial charge in [0.1, 0.15) is 5.82 Å². The van der Waals surface area contributed by atoms with Crippen LogP contribution in [0, 0.1) is 5.82 Å². The summed E-state index contributed by atoms with van der Waals surface area (Å²) in [5.74, 6) is -0.589. The molecule has 0 saturated heterocycles. The Hall–Kier alpha value is -3.07. The second kappa shape index (κ2) is 10.9. The van der Waals surface area contributed by atoms with Gasteiger partial charge in [0.2, 0.25) is 5.91 Å². The smallest absolute Gasteiger partial charge is 0.337 e. The highest BCUT2D eigenvalue weighted by atomic mass is 32.2. The number of hydrogen-bond donors (Lipinski definition) is 3. The molecule has 0 aliphatic carbocycles. The molecule has 0 heterocycles. The van der Waals surface area contributed by atoms with E-state index in [2.05, 4.69) is 20.9 Å². The van der Waals surface area contributed by atoms with Crippen molar-refractivity contribution in [2.45, 2.75) is 17.9 Å². The highest BCUT2D eigenvalue weighted by molar-refractivity contribution is 7.99. The Bertz CT molecular complexity index is 813. The summed E-state index contributed by atoms with van der Waals surface area (Å²) >= 11 is 1.42. The third kappa shape index (κ3) is 7.28. The molecule has 0 atom stereocenters. The molecular weight excluding hydrogens is 385 g/mol. The SMILES string of the molecule is COC(=O)c1ccc(CNC(=O)NNC(=O)CCSc2ccc(F)cc2)cc1. The predicted octanol–water partition coefficient (Wildman–Crippen LogP) is 2.63. The molecule has 0 radical (unpaired) electrons. The van der Waals surface area contributed by atoms with Crippen molar-refractivity contribution in [3.8, 4) is 0 Å². The van der Waals surface area contributed by atoms with Gasteiger partial charge in [0.05, 0.1) is 12.7 Å². The van der Waals surface area contributed by atoms with E-state index < -0.39 is 12.0 Å². The maximum atomic E-state index is 12.8. The number of halogens is 1. The van der Waals surface area contributed by atoms with Crippen molar-refractivity contribution in [2.75, 3.05) is 12.9 Å². The summed E-state index contributed by atoms with van der Waals surface area (Å²) < 4.78 is 17.4. The number of methoxy groups -OCH3 is 1. The summed E-state index contributed by atoms with van der Waals surface area (Å²) in [6.45, 7) is 0.226. The van der Waals surface area contributed by atoms with Crippen molar-refractivity contribution < 1.29 is 23.5 Å². The standard InChI is InChI=1S/C19H20FN3O4S/c1-27-18(25)14-4-2-13(3-5-14)12-21-19(26)23-22-17(24)10-11-28-16-8-6-15(20)7-9-16/h2-9H,10-12H2,1H3,(H,22,24)(H2,21,23,26). The van der Waals surface area contributed by atoms with Gasteiger partial charge in [-0.25, -0.2) is 19.4 Å². The van der Waals surface area contributed by atoms with Crippen LogP contribution in [0.3, 0.4) is 0 Å². The fourth-order valence-corrected chi connectivity index (χ4v) is 2.94. The van der Waals surface area contributed by atoms with Gasteiger partial charge in [0.15, 0.2) is 0 Å². The van der Waals surface area contributed by atoms with E-state index in [4.69, 9.17) is 0 Å². The van der Waals surface area contributed by atoms with Crippen LogP contribution in [0.25, 0.3) is 0 Å². The third-order valence-electron chi connectivity index (χ3n) is 3.56. The number of ether oxygens (including phenoxy) is 1. The van der Waals surface area contributed by atoms with E-state index in [0.29, 0.717) is 11.3 Å². The van der Waals surface area contributed by atoms with Crippen LogP contribution < -0.4 is 16.2 Å². The molecule has 0 aromatic heterocycles. The quantitative estimate of drug-likeness (QED) is 0.374. The Balaban J connectivity index is 1.62. The molecule has 9 heteroatoms. The largest absolute Gasteiger partial charge is 0.465 e. The first kappa shape index (κ1) is 21.2. The lowest BCUT2D eigenvalue weighted by Crippen LogP contribution is -2.46. The van der Waals surface area contributed by atoms with Gasteiger partial charge in [0, 0.05) is 23.6 Å². The minimum atomic E-state index is -0.559. The molecule has 2 aromatic rings. The second-order valence-electron chi connectivity index (χ2n) is 5.60. The van der Waals surface area contributed by atoms with Crippen LogP contribution in [-0.2, 0) is 16.1 Å². The zero-order valence-corrected chi connectivity index (χ0v) is 16.0. The highest BCUT2D eigenvalue weighted by Gasteiger charge is 2.07. The molecule has 2 aromatic carbocycles. The predicted molar refractivity (Wildman–Crippen MR) is 103 cm³/mol. The summed E-state index contributed by atoms with van der Waals surface area (Å²) in [4.78, 5) is 35.7. The Morgan fingerprint density at radius 1 is 1.00 bits per heavy atom. The Morgan fingerprint density at radius 3 is 2.32 bits per heavy atom. The summed E-state index contributed by atoms with van der Waals surface area (Å²) in [5.41, 5.74) is 5.78. The first-order valence-electron chi connectivity index (χ1n) is 8.36. The van der Waals surface area contributed by atoms with Crippen molar-refractivity contribution in [3.05, 3.63) is 65.5 Å². The van der Waals surface area contributed by atoms with Crippen LogP contribution in [0.5, 0.6) is 0 Å².